The maximum atomic E-state index is 13.7. The molecule has 3 rings (SSSR count). The van der Waals surface area contributed by atoms with E-state index in [1.54, 1.807) is 38.3 Å². The minimum atomic E-state index is -3.97. The van der Waals surface area contributed by atoms with Gasteiger partial charge in [-0.25, -0.2) is 8.42 Å². The number of halogens is 3. The summed E-state index contributed by atoms with van der Waals surface area (Å²) < 4.78 is 31.6. The molecule has 1 aliphatic rings. The van der Waals surface area contributed by atoms with Crippen molar-refractivity contribution in [3.8, 4) is 5.75 Å². The number of anilines is 1. The second-order valence-electron chi connectivity index (χ2n) is 9.38. The first-order valence-electron chi connectivity index (χ1n) is 12.3. The molecular formula is C26H32Cl3N3O5S. The SMILES string of the molecule is COc1ccc(CN(C(=O)CN(c2cc(Cl)c(Cl)cc2Cl)S(C)(=O)=O)C(C)C(=O)NC2CCCCC2)cc1. The van der Waals surface area contributed by atoms with Crippen LogP contribution in [0.1, 0.15) is 44.6 Å². The first-order chi connectivity index (χ1) is 17.9. The molecule has 2 aromatic rings. The Labute approximate surface area is 239 Å². The van der Waals surface area contributed by atoms with Gasteiger partial charge in [-0.2, -0.15) is 0 Å². The molecule has 0 saturated heterocycles. The lowest BCUT2D eigenvalue weighted by molar-refractivity contribution is -0.139. The number of methoxy groups -OCH3 is 1. The normalized spacial score (nSPS) is 15.0. The van der Waals surface area contributed by atoms with Crippen molar-refractivity contribution in [2.75, 3.05) is 24.2 Å². The predicted molar refractivity (Wildman–Crippen MR) is 152 cm³/mol. The summed E-state index contributed by atoms with van der Waals surface area (Å²) in [5, 5.41) is 3.31. The number of amides is 2. The fourth-order valence-electron chi connectivity index (χ4n) is 4.38. The highest BCUT2D eigenvalue weighted by Crippen LogP contribution is 2.35. The zero-order chi connectivity index (χ0) is 28.0. The number of hydrogen-bond acceptors (Lipinski definition) is 5. The largest absolute Gasteiger partial charge is 0.497 e. The highest BCUT2D eigenvalue weighted by atomic mass is 35.5. The van der Waals surface area contributed by atoms with E-state index >= 15 is 0 Å². The van der Waals surface area contributed by atoms with Crippen LogP contribution in [0.5, 0.6) is 5.75 Å². The number of hydrogen-bond donors (Lipinski definition) is 1. The van der Waals surface area contributed by atoms with Gasteiger partial charge in [0.05, 0.1) is 34.1 Å². The van der Waals surface area contributed by atoms with Crippen molar-refractivity contribution < 1.29 is 22.7 Å². The molecule has 0 bridgehead atoms. The number of nitrogens with zero attached hydrogens (tertiary/aromatic N) is 2. The number of sulfonamides is 1. The van der Waals surface area contributed by atoms with E-state index < -0.39 is 28.5 Å². The van der Waals surface area contributed by atoms with Crippen LogP contribution in [0.3, 0.4) is 0 Å². The third-order valence-corrected chi connectivity index (χ3v) is 8.72. The molecule has 1 N–H and O–H groups in total. The van der Waals surface area contributed by atoms with Gasteiger partial charge in [-0.1, -0.05) is 66.2 Å². The summed E-state index contributed by atoms with van der Waals surface area (Å²) in [4.78, 5) is 28.3. The van der Waals surface area contributed by atoms with E-state index in [1.165, 1.54) is 17.0 Å². The number of carbonyl (C=O) groups is 2. The zero-order valence-electron chi connectivity index (χ0n) is 21.5. The van der Waals surface area contributed by atoms with Crippen molar-refractivity contribution in [3.63, 3.8) is 0 Å². The fraction of sp³-hybridized carbons (Fsp3) is 0.462. The second-order valence-corrected chi connectivity index (χ2v) is 12.5. The van der Waals surface area contributed by atoms with Crippen molar-refractivity contribution in [2.24, 2.45) is 0 Å². The van der Waals surface area contributed by atoms with Gasteiger partial charge in [-0.05, 0) is 49.6 Å². The Morgan fingerprint density at radius 2 is 1.63 bits per heavy atom. The Kier molecular flexibility index (Phi) is 10.6. The van der Waals surface area contributed by atoms with Gasteiger partial charge in [0.25, 0.3) is 0 Å². The van der Waals surface area contributed by atoms with Crippen LogP contribution in [0, 0.1) is 0 Å². The minimum Gasteiger partial charge on any atom is -0.497 e. The van der Waals surface area contributed by atoms with Gasteiger partial charge in [0.1, 0.15) is 18.3 Å². The van der Waals surface area contributed by atoms with Crippen molar-refractivity contribution in [2.45, 2.75) is 57.7 Å². The molecule has 1 fully saturated rings. The molecule has 1 aliphatic carbocycles. The summed E-state index contributed by atoms with van der Waals surface area (Å²) >= 11 is 18.4. The van der Waals surface area contributed by atoms with E-state index in [0.29, 0.717) is 5.75 Å². The highest BCUT2D eigenvalue weighted by Gasteiger charge is 2.32. The number of carbonyl (C=O) groups excluding carboxylic acids is 2. The predicted octanol–water partition coefficient (Wildman–Crippen LogP) is 5.29. The lowest BCUT2D eigenvalue weighted by atomic mass is 9.95. The summed E-state index contributed by atoms with van der Waals surface area (Å²) in [6.45, 7) is 1.12. The van der Waals surface area contributed by atoms with Crippen LogP contribution in [-0.2, 0) is 26.2 Å². The van der Waals surface area contributed by atoms with E-state index in [9.17, 15) is 18.0 Å². The third-order valence-electron chi connectivity index (χ3n) is 6.57. The van der Waals surface area contributed by atoms with Gasteiger partial charge < -0.3 is 15.0 Å². The standard InChI is InChI=1S/C26H32Cl3N3O5S/c1-17(26(34)30-19-7-5-4-6-8-19)31(15-18-9-11-20(37-2)12-10-18)25(33)16-32(38(3,35)36)24-14-22(28)21(27)13-23(24)29/h9-14,17,19H,4-8,15-16H2,1-3H3,(H,30,34). The molecule has 0 aromatic heterocycles. The number of ether oxygens (including phenoxy) is 1. The molecule has 2 amide bonds. The lowest BCUT2D eigenvalue weighted by Gasteiger charge is -2.33. The van der Waals surface area contributed by atoms with E-state index in [4.69, 9.17) is 39.5 Å². The van der Waals surface area contributed by atoms with Crippen LogP contribution in [0.15, 0.2) is 36.4 Å². The summed E-state index contributed by atoms with van der Waals surface area (Å²) in [5.41, 5.74) is 0.760. The maximum absolute atomic E-state index is 13.7. The monoisotopic (exact) mass is 603 g/mol. The van der Waals surface area contributed by atoms with Crippen molar-refractivity contribution in [1.29, 1.82) is 0 Å². The molecule has 12 heteroatoms. The van der Waals surface area contributed by atoms with Gasteiger partial charge in [-0.15, -0.1) is 0 Å². The van der Waals surface area contributed by atoms with Crippen LogP contribution < -0.4 is 14.4 Å². The summed E-state index contributed by atoms with van der Waals surface area (Å²) in [6, 6.07) is 8.89. The van der Waals surface area contributed by atoms with Crippen LogP contribution in [-0.4, -0.2) is 57.1 Å². The van der Waals surface area contributed by atoms with Gasteiger partial charge in [-0.3, -0.25) is 13.9 Å². The molecule has 1 saturated carbocycles. The number of nitrogens with one attached hydrogen (secondary N) is 1. The average Bonchev–Trinajstić information content (AvgIpc) is 2.88. The molecule has 0 heterocycles. The lowest BCUT2D eigenvalue weighted by Crippen LogP contribution is -2.53. The Bertz CT molecular complexity index is 1250. The van der Waals surface area contributed by atoms with Gasteiger partial charge >= 0.3 is 0 Å². The topological polar surface area (TPSA) is 96.0 Å². The average molecular weight is 605 g/mol. The smallest absolute Gasteiger partial charge is 0.244 e. The summed E-state index contributed by atoms with van der Waals surface area (Å²) in [5.74, 6) is -0.232. The van der Waals surface area contributed by atoms with E-state index in [2.05, 4.69) is 5.32 Å². The molecule has 8 nitrogen and oxygen atoms in total. The van der Waals surface area contributed by atoms with Gasteiger partial charge in [0.2, 0.25) is 21.8 Å². The molecule has 2 aromatic carbocycles. The Morgan fingerprint density at radius 3 is 2.21 bits per heavy atom. The van der Waals surface area contributed by atoms with E-state index in [1.807, 2.05) is 0 Å². The Hall–Kier alpha value is -2.20. The van der Waals surface area contributed by atoms with Crippen LogP contribution in [0.2, 0.25) is 15.1 Å². The molecule has 1 atom stereocenters. The van der Waals surface area contributed by atoms with Gasteiger partial charge in [0, 0.05) is 12.6 Å². The number of benzene rings is 2. The van der Waals surface area contributed by atoms with Gasteiger partial charge in [0.15, 0.2) is 0 Å². The minimum absolute atomic E-state index is 0.0145. The number of rotatable bonds is 10. The second kappa shape index (κ2) is 13.2. The van der Waals surface area contributed by atoms with Crippen LogP contribution in [0.4, 0.5) is 5.69 Å². The van der Waals surface area contributed by atoms with Crippen LogP contribution >= 0.6 is 34.8 Å². The Balaban J connectivity index is 1.91. The molecule has 1 unspecified atom stereocenters. The quantitative estimate of drug-likeness (QED) is 0.372. The first-order valence-corrected chi connectivity index (χ1v) is 15.2. The summed E-state index contributed by atoms with van der Waals surface area (Å²) in [6.07, 6.45) is 5.98. The molecule has 0 radical (unpaired) electrons. The summed E-state index contributed by atoms with van der Waals surface area (Å²) in [7, 11) is -2.41. The van der Waals surface area contributed by atoms with E-state index in [0.717, 1.165) is 48.2 Å². The highest BCUT2D eigenvalue weighted by molar-refractivity contribution is 7.92. The Morgan fingerprint density at radius 1 is 1.03 bits per heavy atom. The molecule has 208 valence electrons. The third kappa shape index (κ3) is 7.91. The zero-order valence-corrected chi connectivity index (χ0v) is 24.6. The molecular weight excluding hydrogens is 573 g/mol. The molecule has 0 aliphatic heterocycles. The first kappa shape index (κ1) is 30.3. The van der Waals surface area contributed by atoms with Crippen molar-refractivity contribution in [3.05, 3.63) is 57.0 Å². The van der Waals surface area contributed by atoms with Crippen LogP contribution in [0.25, 0.3) is 0 Å². The van der Waals surface area contributed by atoms with Crippen molar-refractivity contribution in [1.82, 2.24) is 10.2 Å². The molecule has 0 spiro atoms. The van der Waals surface area contributed by atoms with Crippen molar-refractivity contribution >= 4 is 62.3 Å². The maximum Gasteiger partial charge on any atom is 0.244 e. The van der Waals surface area contributed by atoms with E-state index in [-0.39, 0.29) is 39.2 Å². The molecule has 38 heavy (non-hydrogen) atoms. The fourth-order valence-corrected chi connectivity index (χ4v) is 5.92.